The molecule has 0 aromatic carbocycles. The van der Waals surface area contributed by atoms with E-state index in [0.717, 1.165) is 0 Å². The smallest absolute Gasteiger partial charge is 0.252 e. The van der Waals surface area contributed by atoms with Gasteiger partial charge >= 0.3 is 0 Å². The lowest BCUT2D eigenvalue weighted by molar-refractivity contribution is -0.122. The molecular formula is C13H21N3O4S2. The van der Waals surface area contributed by atoms with Crippen molar-refractivity contribution in [1.29, 1.82) is 0 Å². The van der Waals surface area contributed by atoms with Crippen molar-refractivity contribution < 1.29 is 17.9 Å². The summed E-state index contributed by atoms with van der Waals surface area (Å²) in [7, 11) is -1.80. The average molecular weight is 347 g/mol. The number of amides is 1. The minimum atomic E-state index is -3.38. The fourth-order valence-electron chi connectivity index (χ4n) is 2.22. The molecule has 0 unspecified atom stereocenters. The van der Waals surface area contributed by atoms with Gasteiger partial charge in [0, 0.05) is 39.8 Å². The van der Waals surface area contributed by atoms with Gasteiger partial charge in [-0.05, 0) is 11.4 Å². The summed E-state index contributed by atoms with van der Waals surface area (Å²) < 4.78 is 31.5. The summed E-state index contributed by atoms with van der Waals surface area (Å²) in [4.78, 5) is 13.7. The third kappa shape index (κ3) is 4.50. The van der Waals surface area contributed by atoms with Crippen LogP contribution in [0.5, 0.6) is 0 Å². The zero-order valence-corrected chi connectivity index (χ0v) is 14.2. The Labute approximate surface area is 134 Å². The molecule has 1 aromatic rings. The number of hydrogen-bond donors (Lipinski definition) is 1. The molecule has 0 aliphatic carbocycles. The van der Waals surface area contributed by atoms with Gasteiger partial charge in [-0.2, -0.15) is 4.31 Å². The predicted octanol–water partition coefficient (Wildman–Crippen LogP) is -0.183. The summed E-state index contributed by atoms with van der Waals surface area (Å²) in [5, 5.41) is 4.52. The van der Waals surface area contributed by atoms with Crippen molar-refractivity contribution in [3.8, 4) is 0 Å². The highest BCUT2D eigenvalue weighted by molar-refractivity contribution is 7.91. The number of ether oxygens (including phenoxy) is 1. The lowest BCUT2D eigenvalue weighted by Crippen LogP contribution is -2.51. The van der Waals surface area contributed by atoms with Crippen molar-refractivity contribution in [2.45, 2.75) is 4.21 Å². The first-order valence-electron chi connectivity index (χ1n) is 7.05. The van der Waals surface area contributed by atoms with Gasteiger partial charge in [-0.1, -0.05) is 6.07 Å². The molecule has 0 spiro atoms. The molecule has 2 heterocycles. The van der Waals surface area contributed by atoms with Crippen LogP contribution in [-0.2, 0) is 19.6 Å². The molecule has 1 aliphatic heterocycles. The highest BCUT2D eigenvalue weighted by Crippen LogP contribution is 2.21. The number of thiophene rings is 1. The predicted molar refractivity (Wildman–Crippen MR) is 84.4 cm³/mol. The summed E-state index contributed by atoms with van der Waals surface area (Å²) in [6.45, 7) is 3.19. The second-order valence-corrected chi connectivity index (χ2v) is 8.07. The van der Waals surface area contributed by atoms with E-state index in [2.05, 4.69) is 5.32 Å². The summed E-state index contributed by atoms with van der Waals surface area (Å²) in [5.41, 5.74) is 0. The highest BCUT2D eigenvalue weighted by Gasteiger charge is 2.29. The Kier molecular flexibility index (Phi) is 6.33. The zero-order chi connectivity index (χ0) is 16.0. The van der Waals surface area contributed by atoms with E-state index >= 15 is 0 Å². The van der Waals surface area contributed by atoms with E-state index in [1.165, 1.54) is 15.6 Å². The Morgan fingerprint density at radius 1 is 1.36 bits per heavy atom. The number of nitrogens with one attached hydrogen (secondary N) is 1. The van der Waals surface area contributed by atoms with Crippen molar-refractivity contribution >= 4 is 27.3 Å². The Hall–Kier alpha value is -1.00. The number of nitrogens with zero attached hydrogens (tertiary/aromatic N) is 2. The van der Waals surface area contributed by atoms with Gasteiger partial charge in [-0.15, -0.1) is 11.3 Å². The zero-order valence-electron chi connectivity index (χ0n) is 12.5. The number of rotatable bonds is 7. The molecule has 22 heavy (non-hydrogen) atoms. The maximum atomic E-state index is 12.4. The van der Waals surface area contributed by atoms with Gasteiger partial charge in [0.05, 0.1) is 13.2 Å². The standard InChI is InChI=1S/C13H21N3O4S2/c1-20-9-4-14-12(17)11-15-5-7-16(8-6-15)22(18,19)13-3-2-10-21-13/h2-3,10H,4-9,11H2,1H3,(H,14,17). The molecule has 1 fully saturated rings. The summed E-state index contributed by atoms with van der Waals surface area (Å²) in [5.74, 6) is -0.0633. The van der Waals surface area contributed by atoms with Crippen LogP contribution in [-0.4, -0.2) is 76.5 Å². The van der Waals surface area contributed by atoms with Gasteiger partial charge in [0.25, 0.3) is 10.0 Å². The molecule has 1 aliphatic rings. The summed E-state index contributed by atoms with van der Waals surface area (Å²) in [6, 6.07) is 3.35. The Bertz CT molecular complexity index is 566. The van der Waals surface area contributed by atoms with Crippen LogP contribution in [0.3, 0.4) is 0 Å². The van der Waals surface area contributed by atoms with Crippen molar-refractivity contribution in [3.63, 3.8) is 0 Å². The van der Waals surface area contributed by atoms with E-state index in [4.69, 9.17) is 4.74 Å². The van der Waals surface area contributed by atoms with E-state index in [1.54, 1.807) is 24.6 Å². The topological polar surface area (TPSA) is 79.0 Å². The molecule has 1 amide bonds. The largest absolute Gasteiger partial charge is 0.383 e. The quantitative estimate of drug-likeness (QED) is 0.692. The number of methoxy groups -OCH3 is 1. The third-order valence-corrected chi connectivity index (χ3v) is 6.69. The van der Waals surface area contributed by atoms with Crippen molar-refractivity contribution in [1.82, 2.24) is 14.5 Å². The lowest BCUT2D eigenvalue weighted by atomic mass is 10.3. The second-order valence-electron chi connectivity index (χ2n) is 4.96. The van der Waals surface area contributed by atoms with Crippen molar-refractivity contribution in [3.05, 3.63) is 17.5 Å². The average Bonchev–Trinajstić information content (AvgIpc) is 3.03. The fraction of sp³-hybridized carbons (Fsp3) is 0.615. The lowest BCUT2D eigenvalue weighted by Gasteiger charge is -2.33. The van der Waals surface area contributed by atoms with E-state index in [-0.39, 0.29) is 12.5 Å². The van der Waals surface area contributed by atoms with Gasteiger partial charge < -0.3 is 10.1 Å². The molecule has 1 aromatic heterocycles. The van der Waals surface area contributed by atoms with E-state index in [0.29, 0.717) is 43.5 Å². The van der Waals surface area contributed by atoms with Gasteiger partial charge in [0.1, 0.15) is 4.21 Å². The van der Waals surface area contributed by atoms with Crippen LogP contribution in [0.1, 0.15) is 0 Å². The number of carbonyl (C=O) groups is 1. The van der Waals surface area contributed by atoms with Crippen LogP contribution in [0.2, 0.25) is 0 Å². The molecule has 1 N–H and O–H groups in total. The molecular weight excluding hydrogens is 326 g/mol. The summed E-state index contributed by atoms with van der Waals surface area (Å²) in [6.07, 6.45) is 0. The van der Waals surface area contributed by atoms with E-state index < -0.39 is 10.0 Å². The molecule has 124 valence electrons. The van der Waals surface area contributed by atoms with Crippen LogP contribution >= 0.6 is 11.3 Å². The number of piperazine rings is 1. The Morgan fingerprint density at radius 3 is 2.68 bits per heavy atom. The van der Waals surface area contributed by atoms with E-state index in [1.807, 2.05) is 4.90 Å². The first-order valence-corrected chi connectivity index (χ1v) is 9.37. The molecule has 7 nitrogen and oxygen atoms in total. The second kappa shape index (κ2) is 8.02. The van der Waals surface area contributed by atoms with Gasteiger partial charge in [0.15, 0.2) is 0 Å². The Morgan fingerprint density at radius 2 is 2.09 bits per heavy atom. The van der Waals surface area contributed by atoms with Gasteiger partial charge in [0.2, 0.25) is 5.91 Å². The van der Waals surface area contributed by atoms with Gasteiger partial charge in [-0.25, -0.2) is 8.42 Å². The van der Waals surface area contributed by atoms with Crippen LogP contribution in [0.25, 0.3) is 0 Å². The molecule has 0 bridgehead atoms. The maximum absolute atomic E-state index is 12.4. The first kappa shape index (κ1) is 17.4. The fourth-order valence-corrected chi connectivity index (χ4v) is 4.78. The number of sulfonamides is 1. The molecule has 1 saturated heterocycles. The molecule has 0 saturated carbocycles. The minimum absolute atomic E-state index is 0.0633. The molecule has 2 rings (SSSR count). The maximum Gasteiger partial charge on any atom is 0.252 e. The third-order valence-electron chi connectivity index (χ3n) is 3.42. The van der Waals surface area contributed by atoms with Crippen LogP contribution in [0, 0.1) is 0 Å². The Balaban J connectivity index is 1.80. The number of hydrogen-bond acceptors (Lipinski definition) is 6. The van der Waals surface area contributed by atoms with Gasteiger partial charge in [-0.3, -0.25) is 9.69 Å². The molecule has 9 heteroatoms. The van der Waals surface area contributed by atoms with Crippen molar-refractivity contribution in [2.75, 3.05) is 53.0 Å². The van der Waals surface area contributed by atoms with Crippen molar-refractivity contribution in [2.24, 2.45) is 0 Å². The van der Waals surface area contributed by atoms with Crippen LogP contribution in [0.15, 0.2) is 21.7 Å². The van der Waals surface area contributed by atoms with E-state index in [9.17, 15) is 13.2 Å². The summed E-state index contributed by atoms with van der Waals surface area (Å²) >= 11 is 1.23. The molecule has 0 atom stereocenters. The monoisotopic (exact) mass is 347 g/mol. The van der Waals surface area contributed by atoms with Crippen LogP contribution in [0.4, 0.5) is 0 Å². The molecule has 0 radical (unpaired) electrons. The number of carbonyl (C=O) groups excluding carboxylic acids is 1. The minimum Gasteiger partial charge on any atom is -0.383 e. The first-order chi connectivity index (χ1) is 10.5. The SMILES string of the molecule is COCCNC(=O)CN1CCN(S(=O)(=O)c2cccs2)CC1. The van der Waals surface area contributed by atoms with Crippen LogP contribution < -0.4 is 5.32 Å². The highest BCUT2D eigenvalue weighted by atomic mass is 32.2. The normalized spacial score (nSPS) is 17.5.